The van der Waals surface area contributed by atoms with Crippen molar-refractivity contribution in [3.8, 4) is 0 Å². The maximum absolute atomic E-state index is 11.5. The molecule has 2 amide bonds. The third-order valence-corrected chi connectivity index (χ3v) is 5.40. The molecule has 1 aromatic rings. The number of rotatable bonds is 6. The number of urea groups is 1. The lowest BCUT2D eigenvalue weighted by Crippen LogP contribution is -2.52. The van der Waals surface area contributed by atoms with E-state index in [4.69, 9.17) is 11.6 Å². The number of thiazole rings is 1. The minimum absolute atomic E-state index is 0.110. The Morgan fingerprint density at radius 1 is 1.43 bits per heavy atom. The molecule has 1 N–H and O–H groups in total. The number of nitrogens with zero attached hydrogens (tertiary/aromatic N) is 3. The van der Waals surface area contributed by atoms with Gasteiger partial charge in [0, 0.05) is 31.6 Å². The van der Waals surface area contributed by atoms with Crippen LogP contribution in [-0.4, -0.2) is 59.6 Å². The number of nitrogens with one attached hydrogen (secondary N) is 1. The molecule has 7 heteroatoms. The van der Waals surface area contributed by atoms with Crippen LogP contribution in [0.15, 0.2) is 5.38 Å². The standard InChI is InChI=1S/C14H21ClN4OS/c15-7-11-10-21-13(17-11)3-1-2-4-18-5-6-19-12(9-18)8-16-14(19)20/h10,12H,1-9H2,(H,16,20). The molecule has 1 unspecified atom stereocenters. The van der Waals surface area contributed by atoms with Gasteiger partial charge in [0.1, 0.15) is 0 Å². The average molecular weight is 329 g/mol. The molecule has 3 rings (SSSR count). The molecular formula is C14H21ClN4OS. The number of hydrogen-bond acceptors (Lipinski definition) is 4. The summed E-state index contributed by atoms with van der Waals surface area (Å²) in [6.45, 7) is 4.79. The first-order valence-electron chi connectivity index (χ1n) is 7.52. The minimum atomic E-state index is 0.110. The third-order valence-electron chi connectivity index (χ3n) is 4.17. The second kappa shape index (κ2) is 6.94. The van der Waals surface area contributed by atoms with Gasteiger partial charge in [-0.25, -0.2) is 9.78 Å². The third kappa shape index (κ3) is 3.67. The van der Waals surface area contributed by atoms with Gasteiger partial charge in [-0.2, -0.15) is 0 Å². The monoisotopic (exact) mass is 328 g/mol. The van der Waals surface area contributed by atoms with Gasteiger partial charge >= 0.3 is 6.03 Å². The second-order valence-electron chi connectivity index (χ2n) is 5.66. The Labute approximate surface area is 134 Å². The number of amides is 2. The van der Waals surface area contributed by atoms with Gasteiger partial charge in [0.25, 0.3) is 0 Å². The largest absolute Gasteiger partial charge is 0.336 e. The van der Waals surface area contributed by atoms with Crippen LogP contribution in [0.1, 0.15) is 23.5 Å². The van der Waals surface area contributed by atoms with E-state index in [-0.39, 0.29) is 6.03 Å². The van der Waals surface area contributed by atoms with Gasteiger partial charge in [-0.05, 0) is 25.8 Å². The van der Waals surface area contributed by atoms with E-state index in [0.29, 0.717) is 11.9 Å². The van der Waals surface area contributed by atoms with Gasteiger partial charge in [-0.15, -0.1) is 22.9 Å². The Kier molecular flexibility index (Phi) is 4.98. The second-order valence-corrected chi connectivity index (χ2v) is 6.87. The Bertz CT molecular complexity index is 495. The summed E-state index contributed by atoms with van der Waals surface area (Å²) in [7, 11) is 0. The van der Waals surface area contributed by atoms with Crippen LogP contribution >= 0.6 is 22.9 Å². The van der Waals surface area contributed by atoms with E-state index in [1.54, 1.807) is 11.3 Å². The topological polar surface area (TPSA) is 48.5 Å². The van der Waals surface area contributed by atoms with Gasteiger partial charge in [0.05, 0.1) is 22.6 Å². The molecule has 2 aliphatic rings. The molecular weight excluding hydrogens is 308 g/mol. The summed E-state index contributed by atoms with van der Waals surface area (Å²) >= 11 is 7.47. The number of carbonyl (C=O) groups excluding carboxylic acids is 1. The molecule has 0 spiro atoms. The number of carbonyl (C=O) groups is 1. The zero-order valence-corrected chi connectivity index (χ0v) is 13.6. The minimum Gasteiger partial charge on any atom is -0.336 e. The molecule has 2 aliphatic heterocycles. The van der Waals surface area contributed by atoms with Crippen molar-refractivity contribution < 1.29 is 4.79 Å². The van der Waals surface area contributed by atoms with E-state index in [0.717, 1.165) is 51.3 Å². The SMILES string of the molecule is O=C1NCC2CN(CCCCc3nc(CCl)cs3)CCN12. The zero-order chi connectivity index (χ0) is 14.7. The van der Waals surface area contributed by atoms with Gasteiger partial charge in [0.2, 0.25) is 0 Å². The van der Waals surface area contributed by atoms with Crippen molar-refractivity contribution in [1.82, 2.24) is 20.1 Å². The van der Waals surface area contributed by atoms with Crippen LogP contribution in [0.5, 0.6) is 0 Å². The van der Waals surface area contributed by atoms with Crippen LogP contribution < -0.4 is 5.32 Å². The fourth-order valence-corrected chi connectivity index (χ4v) is 4.08. The lowest BCUT2D eigenvalue weighted by atomic mass is 10.1. The molecule has 3 heterocycles. The van der Waals surface area contributed by atoms with Crippen LogP contribution in [0.25, 0.3) is 0 Å². The Morgan fingerprint density at radius 2 is 2.33 bits per heavy atom. The molecule has 0 aromatic carbocycles. The molecule has 5 nitrogen and oxygen atoms in total. The van der Waals surface area contributed by atoms with E-state index in [1.165, 1.54) is 11.4 Å². The van der Waals surface area contributed by atoms with Crippen LogP contribution in [0.4, 0.5) is 4.79 Å². The molecule has 1 atom stereocenters. The van der Waals surface area contributed by atoms with E-state index in [1.807, 2.05) is 10.3 Å². The summed E-state index contributed by atoms with van der Waals surface area (Å²) in [5.41, 5.74) is 0.992. The predicted octanol–water partition coefficient (Wildman–Crippen LogP) is 1.91. The molecule has 2 saturated heterocycles. The van der Waals surface area contributed by atoms with Crippen molar-refractivity contribution >= 4 is 29.0 Å². The first-order valence-corrected chi connectivity index (χ1v) is 8.94. The Hall–Kier alpha value is -0.850. The van der Waals surface area contributed by atoms with Gasteiger partial charge in [-0.3, -0.25) is 4.90 Å². The van der Waals surface area contributed by atoms with Crippen molar-refractivity contribution in [2.45, 2.75) is 31.2 Å². The van der Waals surface area contributed by atoms with Crippen molar-refractivity contribution in [2.24, 2.45) is 0 Å². The number of unbranched alkanes of at least 4 members (excludes halogenated alkanes) is 1. The molecule has 0 bridgehead atoms. The number of hydrogen-bond donors (Lipinski definition) is 1. The number of alkyl halides is 1. The Morgan fingerprint density at radius 3 is 3.14 bits per heavy atom. The van der Waals surface area contributed by atoms with E-state index >= 15 is 0 Å². The number of aryl methyl sites for hydroxylation is 1. The summed E-state index contributed by atoms with van der Waals surface area (Å²) in [5, 5.41) is 6.16. The lowest BCUT2D eigenvalue weighted by molar-refractivity contribution is 0.120. The first kappa shape index (κ1) is 15.1. The summed E-state index contributed by atoms with van der Waals surface area (Å²) < 4.78 is 0. The van der Waals surface area contributed by atoms with Crippen LogP contribution in [0.2, 0.25) is 0 Å². The zero-order valence-electron chi connectivity index (χ0n) is 12.1. The summed E-state index contributed by atoms with van der Waals surface area (Å²) in [6.07, 6.45) is 3.40. The van der Waals surface area contributed by atoms with Gasteiger partial charge < -0.3 is 10.2 Å². The number of piperazine rings is 1. The van der Waals surface area contributed by atoms with Crippen molar-refractivity contribution in [3.63, 3.8) is 0 Å². The van der Waals surface area contributed by atoms with Crippen molar-refractivity contribution in [2.75, 3.05) is 32.7 Å². The normalized spacial score (nSPS) is 22.4. The maximum Gasteiger partial charge on any atom is 0.317 e. The molecule has 0 aliphatic carbocycles. The fourth-order valence-electron chi connectivity index (χ4n) is 3.01. The van der Waals surface area contributed by atoms with E-state index < -0.39 is 0 Å². The molecule has 2 fully saturated rings. The smallest absolute Gasteiger partial charge is 0.317 e. The van der Waals surface area contributed by atoms with Gasteiger partial charge in [0.15, 0.2) is 0 Å². The highest BCUT2D eigenvalue weighted by molar-refractivity contribution is 7.09. The molecule has 0 saturated carbocycles. The number of fused-ring (bicyclic) bond motifs is 1. The van der Waals surface area contributed by atoms with Crippen molar-refractivity contribution in [3.05, 3.63) is 16.1 Å². The highest BCUT2D eigenvalue weighted by Crippen LogP contribution is 2.16. The highest BCUT2D eigenvalue weighted by atomic mass is 35.5. The number of halogens is 1. The summed E-state index contributed by atoms with van der Waals surface area (Å²) in [4.78, 5) is 20.5. The van der Waals surface area contributed by atoms with E-state index in [9.17, 15) is 4.79 Å². The highest BCUT2D eigenvalue weighted by Gasteiger charge is 2.34. The average Bonchev–Trinajstić information content (AvgIpc) is 3.11. The maximum atomic E-state index is 11.5. The van der Waals surface area contributed by atoms with Crippen LogP contribution in [-0.2, 0) is 12.3 Å². The quantitative estimate of drug-likeness (QED) is 0.641. The molecule has 1 aromatic heterocycles. The van der Waals surface area contributed by atoms with Crippen LogP contribution in [0.3, 0.4) is 0 Å². The summed E-state index contributed by atoms with van der Waals surface area (Å²) in [5.74, 6) is 0.509. The Balaban J connectivity index is 1.35. The van der Waals surface area contributed by atoms with Crippen LogP contribution in [0, 0.1) is 0 Å². The first-order chi connectivity index (χ1) is 10.3. The molecule has 116 valence electrons. The summed E-state index contributed by atoms with van der Waals surface area (Å²) in [6, 6.07) is 0.481. The van der Waals surface area contributed by atoms with E-state index in [2.05, 4.69) is 15.2 Å². The van der Waals surface area contributed by atoms with Gasteiger partial charge in [-0.1, -0.05) is 0 Å². The number of aromatic nitrogens is 1. The fraction of sp³-hybridized carbons (Fsp3) is 0.714. The predicted molar refractivity (Wildman–Crippen MR) is 84.9 cm³/mol. The molecule has 21 heavy (non-hydrogen) atoms. The molecule has 0 radical (unpaired) electrons. The van der Waals surface area contributed by atoms with Crippen molar-refractivity contribution in [1.29, 1.82) is 0 Å². The lowest BCUT2D eigenvalue weighted by Gasteiger charge is -2.36.